The largest absolute Gasteiger partial charge is 0.507 e. The molecule has 1 aromatic heterocycles. The van der Waals surface area contributed by atoms with E-state index in [1.807, 2.05) is 24.4 Å². The van der Waals surface area contributed by atoms with Crippen molar-refractivity contribution in [2.24, 2.45) is 0 Å². The SMILES string of the molecule is CCCN1C(=O)C(=O)/C(=C(\O)c2ccc(OC)c(Br)c2)C1c1cccs1. The van der Waals surface area contributed by atoms with Crippen LogP contribution >= 0.6 is 27.3 Å². The lowest BCUT2D eigenvalue weighted by Crippen LogP contribution is -2.30. The Labute approximate surface area is 164 Å². The van der Waals surface area contributed by atoms with Crippen molar-refractivity contribution in [1.29, 1.82) is 0 Å². The van der Waals surface area contributed by atoms with Crippen LogP contribution in [0.5, 0.6) is 5.75 Å². The van der Waals surface area contributed by atoms with E-state index in [1.165, 1.54) is 16.2 Å². The zero-order chi connectivity index (χ0) is 18.8. The summed E-state index contributed by atoms with van der Waals surface area (Å²) in [6.07, 6.45) is 0.725. The summed E-state index contributed by atoms with van der Waals surface area (Å²) in [6.45, 7) is 2.40. The molecule has 0 bridgehead atoms. The van der Waals surface area contributed by atoms with Gasteiger partial charge in [0.2, 0.25) is 0 Å². The molecule has 3 rings (SSSR count). The minimum absolute atomic E-state index is 0.128. The summed E-state index contributed by atoms with van der Waals surface area (Å²) in [5.41, 5.74) is 0.580. The van der Waals surface area contributed by atoms with Gasteiger partial charge in [-0.05, 0) is 52.0 Å². The fourth-order valence-electron chi connectivity index (χ4n) is 3.06. The van der Waals surface area contributed by atoms with Crippen molar-refractivity contribution in [3.05, 3.63) is 56.2 Å². The summed E-state index contributed by atoms with van der Waals surface area (Å²) >= 11 is 4.84. The van der Waals surface area contributed by atoms with E-state index >= 15 is 0 Å². The number of nitrogens with zero attached hydrogens (tertiary/aromatic N) is 1. The Bertz CT molecular complexity index is 876. The second kappa shape index (κ2) is 7.63. The van der Waals surface area contributed by atoms with Gasteiger partial charge in [0.15, 0.2) is 0 Å². The molecule has 0 radical (unpaired) electrons. The Morgan fingerprint density at radius 2 is 2.12 bits per heavy atom. The number of thiophene rings is 1. The third-order valence-electron chi connectivity index (χ3n) is 4.24. The molecule has 1 atom stereocenters. The molecule has 1 fully saturated rings. The van der Waals surface area contributed by atoms with Crippen molar-refractivity contribution in [2.45, 2.75) is 19.4 Å². The Morgan fingerprint density at radius 1 is 1.35 bits per heavy atom. The standard InChI is InChI=1S/C19H18BrNO4S/c1-3-8-21-16(14-5-4-9-26-14)15(18(23)19(21)24)17(22)11-6-7-13(25-2)12(20)10-11/h4-7,9-10,16,22H,3,8H2,1-2H3/b17-15-. The summed E-state index contributed by atoms with van der Waals surface area (Å²) in [7, 11) is 1.55. The quantitative estimate of drug-likeness (QED) is 0.430. The van der Waals surface area contributed by atoms with Gasteiger partial charge in [-0.25, -0.2) is 0 Å². The van der Waals surface area contributed by atoms with Crippen LogP contribution in [0.4, 0.5) is 0 Å². The average molecular weight is 436 g/mol. The maximum atomic E-state index is 12.7. The summed E-state index contributed by atoms with van der Waals surface area (Å²) in [5, 5.41) is 12.8. The first-order chi connectivity index (χ1) is 12.5. The van der Waals surface area contributed by atoms with Gasteiger partial charge in [-0.1, -0.05) is 13.0 Å². The molecule has 1 aliphatic rings. The van der Waals surface area contributed by atoms with E-state index in [-0.39, 0.29) is 11.3 Å². The zero-order valence-electron chi connectivity index (χ0n) is 14.4. The van der Waals surface area contributed by atoms with Crippen LogP contribution in [0.1, 0.15) is 29.8 Å². The van der Waals surface area contributed by atoms with Crippen molar-refractivity contribution < 1.29 is 19.4 Å². The maximum absolute atomic E-state index is 12.7. The number of hydrogen-bond acceptors (Lipinski definition) is 5. The fourth-order valence-corrected chi connectivity index (χ4v) is 4.45. The minimum Gasteiger partial charge on any atom is -0.507 e. The molecule has 1 aliphatic heterocycles. The highest BCUT2D eigenvalue weighted by Crippen LogP contribution is 2.41. The molecule has 136 valence electrons. The lowest BCUT2D eigenvalue weighted by atomic mass is 10.00. The van der Waals surface area contributed by atoms with Crippen LogP contribution in [0, 0.1) is 0 Å². The van der Waals surface area contributed by atoms with E-state index in [9.17, 15) is 14.7 Å². The number of Topliss-reactive ketones (excluding diaryl/α,β-unsaturated/α-hetero) is 1. The number of methoxy groups -OCH3 is 1. The van der Waals surface area contributed by atoms with Gasteiger partial charge in [-0.3, -0.25) is 9.59 Å². The molecule has 2 aromatic rings. The van der Waals surface area contributed by atoms with Gasteiger partial charge in [-0.2, -0.15) is 0 Å². The topological polar surface area (TPSA) is 66.8 Å². The van der Waals surface area contributed by atoms with Crippen molar-refractivity contribution in [1.82, 2.24) is 4.90 Å². The Hall–Kier alpha value is -2.12. The van der Waals surface area contributed by atoms with Crippen LogP contribution < -0.4 is 4.74 Å². The molecule has 1 amide bonds. The first-order valence-electron chi connectivity index (χ1n) is 8.15. The number of carbonyl (C=O) groups is 2. The van der Waals surface area contributed by atoms with Gasteiger partial charge in [0.1, 0.15) is 11.5 Å². The van der Waals surface area contributed by atoms with Gasteiger partial charge < -0.3 is 14.7 Å². The molecule has 5 nitrogen and oxygen atoms in total. The molecule has 2 heterocycles. The number of aliphatic hydroxyl groups excluding tert-OH is 1. The predicted molar refractivity (Wildman–Crippen MR) is 104 cm³/mol. The highest BCUT2D eigenvalue weighted by molar-refractivity contribution is 9.10. The molecule has 0 spiro atoms. The number of halogens is 1. The Kier molecular flexibility index (Phi) is 5.48. The number of rotatable bonds is 5. The Balaban J connectivity index is 2.15. The molecule has 0 saturated carbocycles. The average Bonchev–Trinajstić information content (AvgIpc) is 3.24. The molecule has 7 heteroatoms. The molecule has 26 heavy (non-hydrogen) atoms. The third kappa shape index (κ3) is 3.17. The predicted octanol–water partition coefficient (Wildman–Crippen LogP) is 4.35. The maximum Gasteiger partial charge on any atom is 0.295 e. The van der Waals surface area contributed by atoms with Gasteiger partial charge >= 0.3 is 0 Å². The monoisotopic (exact) mass is 435 g/mol. The van der Waals surface area contributed by atoms with Crippen LogP contribution in [-0.2, 0) is 9.59 Å². The van der Waals surface area contributed by atoms with Crippen molar-refractivity contribution in [3.63, 3.8) is 0 Å². The van der Waals surface area contributed by atoms with Crippen LogP contribution in [0.2, 0.25) is 0 Å². The van der Waals surface area contributed by atoms with Crippen LogP contribution in [0.3, 0.4) is 0 Å². The highest BCUT2D eigenvalue weighted by atomic mass is 79.9. The molecule has 0 aliphatic carbocycles. The van der Waals surface area contributed by atoms with Gasteiger partial charge in [0.25, 0.3) is 11.7 Å². The van der Waals surface area contributed by atoms with Gasteiger partial charge in [-0.15, -0.1) is 11.3 Å². The van der Waals surface area contributed by atoms with E-state index in [4.69, 9.17) is 4.74 Å². The number of benzene rings is 1. The zero-order valence-corrected chi connectivity index (χ0v) is 16.8. The second-order valence-electron chi connectivity index (χ2n) is 5.86. The normalized spacial score (nSPS) is 19.2. The van der Waals surface area contributed by atoms with E-state index < -0.39 is 17.7 Å². The minimum atomic E-state index is -0.652. The molecule has 1 saturated heterocycles. The molecular formula is C19H18BrNO4S. The third-order valence-corrected chi connectivity index (χ3v) is 5.79. The first-order valence-corrected chi connectivity index (χ1v) is 9.82. The number of ketones is 1. The molecular weight excluding hydrogens is 418 g/mol. The Morgan fingerprint density at radius 3 is 2.69 bits per heavy atom. The number of amides is 1. The summed E-state index contributed by atoms with van der Waals surface area (Å²) in [6, 6.07) is 8.22. The molecule has 1 unspecified atom stereocenters. The van der Waals surface area contributed by atoms with Crippen molar-refractivity contribution in [3.8, 4) is 5.75 Å². The first kappa shape index (κ1) is 18.7. The number of hydrogen-bond donors (Lipinski definition) is 1. The lowest BCUT2D eigenvalue weighted by molar-refractivity contribution is -0.139. The van der Waals surface area contributed by atoms with Crippen LogP contribution in [0.15, 0.2) is 45.8 Å². The van der Waals surface area contributed by atoms with Crippen molar-refractivity contribution in [2.75, 3.05) is 13.7 Å². The van der Waals surface area contributed by atoms with Gasteiger partial charge in [0.05, 0.1) is 23.2 Å². The lowest BCUT2D eigenvalue weighted by Gasteiger charge is -2.23. The summed E-state index contributed by atoms with van der Waals surface area (Å²) in [5.74, 6) is -0.785. The van der Waals surface area contributed by atoms with E-state index in [0.29, 0.717) is 22.3 Å². The van der Waals surface area contributed by atoms with E-state index in [2.05, 4.69) is 15.9 Å². The highest BCUT2D eigenvalue weighted by Gasteiger charge is 2.46. The molecule has 1 N–H and O–H groups in total. The van der Waals surface area contributed by atoms with Crippen molar-refractivity contribution >= 4 is 44.7 Å². The van der Waals surface area contributed by atoms with Crippen LogP contribution in [0.25, 0.3) is 5.76 Å². The van der Waals surface area contributed by atoms with Crippen LogP contribution in [-0.4, -0.2) is 35.4 Å². The van der Waals surface area contributed by atoms with E-state index in [0.717, 1.165) is 11.3 Å². The summed E-state index contributed by atoms with van der Waals surface area (Å²) < 4.78 is 5.85. The fraction of sp³-hybridized carbons (Fsp3) is 0.263. The number of aliphatic hydroxyl groups is 1. The second-order valence-corrected chi connectivity index (χ2v) is 7.69. The number of likely N-dealkylation sites (tertiary alicyclic amines) is 1. The number of carbonyl (C=O) groups excluding carboxylic acids is 2. The molecule has 1 aromatic carbocycles. The smallest absolute Gasteiger partial charge is 0.295 e. The number of ether oxygens (including phenoxy) is 1. The van der Waals surface area contributed by atoms with E-state index in [1.54, 1.807) is 25.3 Å². The summed E-state index contributed by atoms with van der Waals surface area (Å²) in [4.78, 5) is 27.6. The van der Waals surface area contributed by atoms with Gasteiger partial charge in [0, 0.05) is 17.0 Å².